The van der Waals surface area contributed by atoms with E-state index < -0.39 is 17.8 Å². The summed E-state index contributed by atoms with van der Waals surface area (Å²) < 4.78 is 43.3. The average Bonchev–Trinajstić information content (AvgIpc) is 3.50. The molecule has 6 rings (SSSR count). The van der Waals surface area contributed by atoms with Crippen molar-refractivity contribution in [2.24, 2.45) is 0 Å². The highest BCUT2D eigenvalue weighted by Gasteiger charge is 2.42. The normalized spacial score (nSPS) is 22.7. The predicted molar refractivity (Wildman–Crippen MR) is 140 cm³/mol. The van der Waals surface area contributed by atoms with Gasteiger partial charge in [0, 0.05) is 51.5 Å². The average molecular weight is 558 g/mol. The Morgan fingerprint density at radius 3 is 2.23 bits per heavy atom. The van der Waals surface area contributed by atoms with E-state index in [4.69, 9.17) is 0 Å². The summed E-state index contributed by atoms with van der Waals surface area (Å²) in [6.07, 6.45) is 2.40. The van der Waals surface area contributed by atoms with Gasteiger partial charge in [0.05, 0.1) is 35.1 Å². The Balaban J connectivity index is 1.19. The number of alkyl halides is 3. The standard InChI is InChI=1S/C29H34F3N5O3/c30-29(31,32)24-5-2-1-4-22(24)25-6-3-13-36(25)27(39)23-18-33-37(26(23)19-7-8-19)20-9-14-34(15-10-20)28(40)35-16-11-21(38)12-17-35/h1-2,4-5,18-20,25H,3,6-17H2. The van der Waals surface area contributed by atoms with Gasteiger partial charge in [-0.05, 0) is 50.2 Å². The fourth-order valence-corrected chi connectivity index (χ4v) is 6.57. The van der Waals surface area contributed by atoms with E-state index in [2.05, 4.69) is 5.10 Å². The number of carbonyl (C=O) groups is 3. The predicted octanol–water partition coefficient (Wildman–Crippen LogP) is 5.18. The number of hydrogen-bond donors (Lipinski definition) is 0. The van der Waals surface area contributed by atoms with Crippen LogP contribution >= 0.6 is 0 Å². The Hall–Kier alpha value is -3.37. The molecule has 0 bridgehead atoms. The third-order valence-electron chi connectivity index (χ3n) is 8.84. The molecule has 0 spiro atoms. The van der Waals surface area contributed by atoms with Crippen LogP contribution in [-0.4, -0.2) is 74.9 Å². The molecule has 3 amide bonds. The summed E-state index contributed by atoms with van der Waals surface area (Å²) in [7, 11) is 0. The number of rotatable bonds is 4. The molecule has 0 radical (unpaired) electrons. The van der Waals surface area contributed by atoms with Crippen LogP contribution in [0.2, 0.25) is 0 Å². The number of amides is 3. The molecule has 4 aliphatic rings. The third-order valence-corrected chi connectivity index (χ3v) is 8.84. The van der Waals surface area contributed by atoms with E-state index >= 15 is 0 Å². The lowest BCUT2D eigenvalue weighted by atomic mass is 9.97. The number of carbonyl (C=O) groups excluding carboxylic acids is 3. The number of Topliss-reactive ketones (excluding diaryl/α,β-unsaturated/α-hetero) is 1. The molecular weight excluding hydrogens is 523 g/mol. The summed E-state index contributed by atoms with van der Waals surface area (Å²) in [6.45, 7) is 2.50. The van der Waals surface area contributed by atoms with Gasteiger partial charge in [0.1, 0.15) is 5.78 Å². The maximum atomic E-state index is 13.9. The summed E-state index contributed by atoms with van der Waals surface area (Å²) in [5.74, 6) is 0.166. The van der Waals surface area contributed by atoms with E-state index in [1.54, 1.807) is 22.1 Å². The summed E-state index contributed by atoms with van der Waals surface area (Å²) in [4.78, 5) is 43.6. The van der Waals surface area contributed by atoms with Gasteiger partial charge in [0.2, 0.25) is 0 Å². The molecule has 1 atom stereocenters. The minimum atomic E-state index is -4.49. The number of piperidine rings is 2. The highest BCUT2D eigenvalue weighted by Crippen LogP contribution is 2.45. The number of halogens is 3. The van der Waals surface area contributed by atoms with Gasteiger partial charge in [-0.15, -0.1) is 0 Å². The van der Waals surface area contributed by atoms with Crippen molar-refractivity contribution in [1.29, 1.82) is 0 Å². The van der Waals surface area contributed by atoms with Crippen LogP contribution < -0.4 is 0 Å². The molecule has 4 fully saturated rings. The zero-order valence-corrected chi connectivity index (χ0v) is 22.4. The lowest BCUT2D eigenvalue weighted by Gasteiger charge is -2.37. The zero-order chi connectivity index (χ0) is 28.0. The second-order valence-corrected chi connectivity index (χ2v) is 11.4. The summed E-state index contributed by atoms with van der Waals surface area (Å²) in [5.41, 5.74) is 0.848. The molecule has 40 heavy (non-hydrogen) atoms. The number of urea groups is 1. The summed E-state index contributed by atoms with van der Waals surface area (Å²) >= 11 is 0. The Morgan fingerprint density at radius 2 is 1.55 bits per heavy atom. The van der Waals surface area contributed by atoms with Crippen molar-refractivity contribution in [2.45, 2.75) is 75.5 Å². The van der Waals surface area contributed by atoms with Crippen LogP contribution in [-0.2, 0) is 11.0 Å². The van der Waals surface area contributed by atoms with Crippen molar-refractivity contribution in [3.8, 4) is 0 Å². The van der Waals surface area contributed by atoms with Gasteiger partial charge in [-0.25, -0.2) is 4.79 Å². The lowest BCUT2D eigenvalue weighted by molar-refractivity contribution is -0.138. The van der Waals surface area contributed by atoms with Crippen LogP contribution in [0.4, 0.5) is 18.0 Å². The van der Waals surface area contributed by atoms with E-state index in [0.29, 0.717) is 76.8 Å². The number of ketones is 1. The Morgan fingerprint density at radius 1 is 0.875 bits per heavy atom. The van der Waals surface area contributed by atoms with E-state index in [1.807, 2.05) is 9.58 Å². The molecule has 8 nitrogen and oxygen atoms in total. The van der Waals surface area contributed by atoms with E-state index in [9.17, 15) is 27.6 Å². The van der Waals surface area contributed by atoms with Crippen molar-refractivity contribution < 1.29 is 27.6 Å². The fourth-order valence-electron chi connectivity index (χ4n) is 6.57. The maximum absolute atomic E-state index is 13.9. The van der Waals surface area contributed by atoms with Gasteiger partial charge in [0.15, 0.2) is 0 Å². The maximum Gasteiger partial charge on any atom is 0.416 e. The number of hydrogen-bond acceptors (Lipinski definition) is 4. The van der Waals surface area contributed by atoms with E-state index in [0.717, 1.165) is 24.6 Å². The summed E-state index contributed by atoms with van der Waals surface area (Å²) in [6, 6.07) is 4.96. The van der Waals surface area contributed by atoms with Gasteiger partial charge in [-0.2, -0.15) is 18.3 Å². The number of benzene rings is 1. The van der Waals surface area contributed by atoms with Gasteiger partial charge in [-0.3, -0.25) is 14.3 Å². The van der Waals surface area contributed by atoms with Crippen molar-refractivity contribution >= 4 is 17.7 Å². The Kier molecular flexibility index (Phi) is 7.08. The fraction of sp³-hybridized carbons (Fsp3) is 0.586. The molecule has 0 N–H and O–H groups in total. The van der Waals surface area contributed by atoms with Crippen LogP contribution in [0.25, 0.3) is 0 Å². The molecule has 1 unspecified atom stereocenters. The van der Waals surface area contributed by atoms with Crippen molar-refractivity contribution in [3.05, 3.63) is 52.8 Å². The quantitative estimate of drug-likeness (QED) is 0.519. The number of likely N-dealkylation sites (tertiary alicyclic amines) is 3. The monoisotopic (exact) mass is 557 g/mol. The Bertz CT molecular complexity index is 1290. The van der Waals surface area contributed by atoms with Gasteiger partial charge < -0.3 is 14.7 Å². The van der Waals surface area contributed by atoms with Gasteiger partial charge in [-0.1, -0.05) is 18.2 Å². The molecule has 1 aromatic carbocycles. The second-order valence-electron chi connectivity index (χ2n) is 11.4. The first-order chi connectivity index (χ1) is 19.2. The first-order valence-corrected chi connectivity index (χ1v) is 14.3. The molecule has 1 saturated carbocycles. The number of aromatic nitrogens is 2. The first-order valence-electron chi connectivity index (χ1n) is 14.3. The molecule has 214 valence electrons. The van der Waals surface area contributed by atoms with Crippen molar-refractivity contribution in [1.82, 2.24) is 24.5 Å². The SMILES string of the molecule is O=C1CCN(C(=O)N2CCC(n3ncc(C(=O)N4CCCC4c4ccccc4C(F)(F)F)c3C3CC3)CC2)CC1. The van der Waals surface area contributed by atoms with Crippen LogP contribution in [0.5, 0.6) is 0 Å². The van der Waals surface area contributed by atoms with Crippen molar-refractivity contribution in [2.75, 3.05) is 32.7 Å². The minimum absolute atomic E-state index is 0.0242. The zero-order valence-electron chi connectivity index (χ0n) is 22.4. The topological polar surface area (TPSA) is 78.8 Å². The molecule has 11 heteroatoms. The molecule has 2 aromatic rings. The van der Waals surface area contributed by atoms with Crippen LogP contribution in [0.1, 0.15) is 96.5 Å². The molecule has 3 aliphatic heterocycles. The molecule has 1 aliphatic carbocycles. The van der Waals surface area contributed by atoms with Gasteiger partial charge in [0.25, 0.3) is 5.91 Å². The van der Waals surface area contributed by atoms with Gasteiger partial charge >= 0.3 is 12.2 Å². The highest BCUT2D eigenvalue weighted by molar-refractivity contribution is 5.96. The number of nitrogens with zero attached hydrogens (tertiary/aromatic N) is 5. The smallest absolute Gasteiger partial charge is 0.331 e. The van der Waals surface area contributed by atoms with Crippen LogP contribution in [0.15, 0.2) is 30.5 Å². The highest BCUT2D eigenvalue weighted by atomic mass is 19.4. The Labute approximate surface area is 231 Å². The van der Waals surface area contributed by atoms with Crippen molar-refractivity contribution in [3.63, 3.8) is 0 Å². The first kappa shape index (κ1) is 26.8. The largest absolute Gasteiger partial charge is 0.416 e. The van der Waals surface area contributed by atoms with E-state index in [1.165, 1.54) is 12.1 Å². The molecule has 3 saturated heterocycles. The minimum Gasteiger partial charge on any atom is -0.331 e. The third kappa shape index (κ3) is 5.10. The van der Waals surface area contributed by atoms with Crippen LogP contribution in [0, 0.1) is 0 Å². The molecular formula is C29H34F3N5O3. The second kappa shape index (κ2) is 10.6. The van der Waals surface area contributed by atoms with Crippen LogP contribution in [0.3, 0.4) is 0 Å². The molecule has 1 aromatic heterocycles. The molecule has 4 heterocycles. The summed E-state index contributed by atoms with van der Waals surface area (Å²) in [5, 5.41) is 4.65. The lowest BCUT2D eigenvalue weighted by Crippen LogP contribution is -2.49. The van der Waals surface area contributed by atoms with E-state index in [-0.39, 0.29) is 35.2 Å².